The molecule has 3 heterocycles. The van der Waals surface area contributed by atoms with Crippen molar-refractivity contribution in [2.75, 3.05) is 42.8 Å². The van der Waals surface area contributed by atoms with E-state index in [1.54, 1.807) is 18.9 Å². The third-order valence-electron chi connectivity index (χ3n) is 7.55. The number of hydrogen-bond donors (Lipinski definition) is 2. The number of ether oxygens (including phenoxy) is 2. The highest BCUT2D eigenvalue weighted by atomic mass is 32.2. The molecule has 0 atom stereocenters. The van der Waals surface area contributed by atoms with Crippen molar-refractivity contribution in [1.29, 1.82) is 0 Å². The monoisotopic (exact) mass is 504 g/mol. The standard InChI is InChI=1S/C28H32N4O3S/c1-34-21-7-8-23-22(13-21)28-25(15-30-23)35-11-10-32(28)16-18-2-5-20(6-3-18)29-14-19-4-9-26-24(12-19)31-27(33)17-36-26/h4,7-9,12-13,15,18,20,29H,2-3,5-6,10-11,14,16-17H2,1H3,(H,31,33). The molecule has 1 saturated carbocycles. The van der Waals surface area contributed by atoms with Crippen molar-refractivity contribution in [2.45, 2.75) is 43.2 Å². The van der Waals surface area contributed by atoms with Crippen molar-refractivity contribution in [3.8, 4) is 11.5 Å². The first-order chi connectivity index (χ1) is 17.7. The summed E-state index contributed by atoms with van der Waals surface area (Å²) in [6.07, 6.45) is 6.66. The quantitative estimate of drug-likeness (QED) is 0.498. The van der Waals surface area contributed by atoms with Crippen LogP contribution in [-0.2, 0) is 11.3 Å². The Kier molecular flexibility index (Phi) is 6.63. The van der Waals surface area contributed by atoms with Gasteiger partial charge in [-0.15, -0.1) is 11.8 Å². The normalized spacial score (nSPS) is 21.4. The van der Waals surface area contributed by atoms with Crippen LogP contribution in [0.2, 0.25) is 0 Å². The summed E-state index contributed by atoms with van der Waals surface area (Å²) in [5.41, 5.74) is 4.30. The van der Waals surface area contributed by atoms with Crippen molar-refractivity contribution in [2.24, 2.45) is 5.92 Å². The third kappa shape index (κ3) is 4.84. The van der Waals surface area contributed by atoms with E-state index in [0.717, 1.165) is 58.3 Å². The van der Waals surface area contributed by atoms with Gasteiger partial charge < -0.3 is 25.0 Å². The van der Waals surface area contributed by atoms with E-state index in [1.165, 1.54) is 31.2 Å². The smallest absolute Gasteiger partial charge is 0.234 e. The Hall–Kier alpha value is -2.97. The molecule has 0 spiro atoms. The van der Waals surface area contributed by atoms with E-state index in [0.29, 0.717) is 24.3 Å². The summed E-state index contributed by atoms with van der Waals surface area (Å²) in [4.78, 5) is 20.0. The van der Waals surface area contributed by atoms with Crippen molar-refractivity contribution in [3.05, 3.63) is 48.2 Å². The number of fused-ring (bicyclic) bond motifs is 4. The minimum atomic E-state index is 0.0854. The number of nitrogens with one attached hydrogen (secondary N) is 2. The second-order valence-corrected chi connectivity index (χ2v) is 10.9. The van der Waals surface area contributed by atoms with E-state index >= 15 is 0 Å². The second kappa shape index (κ2) is 10.2. The maximum Gasteiger partial charge on any atom is 0.234 e. The number of rotatable bonds is 6. The topological polar surface area (TPSA) is 75.7 Å². The molecule has 3 aromatic rings. The van der Waals surface area contributed by atoms with Gasteiger partial charge in [0.05, 0.1) is 42.5 Å². The fourth-order valence-corrected chi connectivity index (χ4v) is 6.41. The fraction of sp³-hybridized carbons (Fsp3) is 0.429. The zero-order valence-electron chi connectivity index (χ0n) is 20.6. The molecule has 1 aromatic heterocycles. The molecule has 1 amide bonds. The molecule has 1 fully saturated rings. The van der Waals surface area contributed by atoms with Crippen LogP contribution in [0.5, 0.6) is 11.5 Å². The average Bonchev–Trinajstić information content (AvgIpc) is 2.92. The Labute approximate surface area is 215 Å². The van der Waals surface area contributed by atoms with Gasteiger partial charge in [-0.25, -0.2) is 0 Å². The van der Waals surface area contributed by atoms with Crippen LogP contribution in [0, 0.1) is 5.92 Å². The molecule has 3 aliphatic rings. The molecule has 7 nitrogen and oxygen atoms in total. The molecule has 0 radical (unpaired) electrons. The number of aromatic nitrogens is 1. The number of benzene rings is 2. The number of carbonyl (C=O) groups excluding carboxylic acids is 1. The first-order valence-electron chi connectivity index (χ1n) is 12.8. The van der Waals surface area contributed by atoms with E-state index in [4.69, 9.17) is 9.47 Å². The molecule has 0 saturated heterocycles. The molecule has 2 aliphatic heterocycles. The summed E-state index contributed by atoms with van der Waals surface area (Å²) in [5.74, 6) is 2.97. The van der Waals surface area contributed by atoms with Crippen LogP contribution in [0.3, 0.4) is 0 Å². The van der Waals surface area contributed by atoms with Crippen LogP contribution in [0.4, 0.5) is 11.4 Å². The van der Waals surface area contributed by atoms with Gasteiger partial charge in [0.15, 0.2) is 5.75 Å². The van der Waals surface area contributed by atoms with Crippen LogP contribution in [0.15, 0.2) is 47.5 Å². The van der Waals surface area contributed by atoms with Gasteiger partial charge in [-0.3, -0.25) is 9.78 Å². The number of thioether (sulfide) groups is 1. The van der Waals surface area contributed by atoms with E-state index < -0.39 is 0 Å². The van der Waals surface area contributed by atoms with Gasteiger partial charge >= 0.3 is 0 Å². The molecule has 188 valence electrons. The highest BCUT2D eigenvalue weighted by Gasteiger charge is 2.27. The molecule has 2 aromatic carbocycles. The van der Waals surface area contributed by atoms with Crippen LogP contribution in [0.1, 0.15) is 31.2 Å². The van der Waals surface area contributed by atoms with Crippen molar-refractivity contribution in [3.63, 3.8) is 0 Å². The fourth-order valence-electron chi connectivity index (χ4n) is 5.62. The minimum Gasteiger partial charge on any atom is -0.497 e. The molecule has 0 unspecified atom stereocenters. The molecule has 2 N–H and O–H groups in total. The van der Waals surface area contributed by atoms with Gasteiger partial charge in [0.2, 0.25) is 5.91 Å². The lowest BCUT2D eigenvalue weighted by atomic mass is 9.85. The van der Waals surface area contributed by atoms with Gasteiger partial charge in [-0.2, -0.15) is 0 Å². The summed E-state index contributed by atoms with van der Waals surface area (Å²) in [6, 6.07) is 13.0. The van der Waals surface area contributed by atoms with Crippen LogP contribution < -0.4 is 25.0 Å². The third-order valence-corrected chi connectivity index (χ3v) is 8.62. The lowest BCUT2D eigenvalue weighted by Gasteiger charge is -2.37. The Bertz CT molecular complexity index is 1270. The zero-order valence-corrected chi connectivity index (χ0v) is 21.4. The Balaban J connectivity index is 1.07. The number of methoxy groups -OCH3 is 1. The average molecular weight is 505 g/mol. The summed E-state index contributed by atoms with van der Waals surface area (Å²) >= 11 is 1.61. The molecule has 8 heteroatoms. The van der Waals surface area contributed by atoms with Crippen LogP contribution in [-0.4, -0.2) is 49.5 Å². The van der Waals surface area contributed by atoms with Gasteiger partial charge in [0.25, 0.3) is 0 Å². The van der Waals surface area contributed by atoms with Gasteiger partial charge in [0.1, 0.15) is 12.4 Å². The Morgan fingerprint density at radius 3 is 2.94 bits per heavy atom. The molecular formula is C28H32N4O3S. The van der Waals surface area contributed by atoms with Crippen LogP contribution >= 0.6 is 11.8 Å². The number of anilines is 2. The lowest BCUT2D eigenvalue weighted by molar-refractivity contribution is -0.113. The maximum absolute atomic E-state index is 11.7. The second-order valence-electron chi connectivity index (χ2n) is 9.91. The van der Waals surface area contributed by atoms with E-state index in [1.807, 2.05) is 18.3 Å². The van der Waals surface area contributed by atoms with Crippen molar-refractivity contribution >= 4 is 39.9 Å². The Morgan fingerprint density at radius 2 is 2.08 bits per heavy atom. The van der Waals surface area contributed by atoms with E-state index in [2.05, 4.69) is 44.8 Å². The summed E-state index contributed by atoms with van der Waals surface area (Å²) < 4.78 is 11.5. The molecule has 0 bridgehead atoms. The van der Waals surface area contributed by atoms with Crippen molar-refractivity contribution in [1.82, 2.24) is 10.3 Å². The lowest BCUT2D eigenvalue weighted by Crippen LogP contribution is -2.40. The minimum absolute atomic E-state index is 0.0854. The molecule has 1 aliphatic carbocycles. The summed E-state index contributed by atoms with van der Waals surface area (Å²) in [5, 5.41) is 7.85. The summed E-state index contributed by atoms with van der Waals surface area (Å²) in [6.45, 7) is 3.47. The van der Waals surface area contributed by atoms with E-state index in [-0.39, 0.29) is 5.91 Å². The highest BCUT2D eigenvalue weighted by Crippen LogP contribution is 2.40. The first-order valence-corrected chi connectivity index (χ1v) is 13.8. The number of nitrogens with zero attached hydrogens (tertiary/aromatic N) is 2. The number of pyridine rings is 1. The van der Waals surface area contributed by atoms with Gasteiger partial charge in [-0.1, -0.05) is 6.07 Å². The molecule has 36 heavy (non-hydrogen) atoms. The first kappa shape index (κ1) is 23.4. The predicted molar refractivity (Wildman–Crippen MR) is 144 cm³/mol. The Morgan fingerprint density at radius 1 is 1.19 bits per heavy atom. The number of carbonyl (C=O) groups is 1. The highest BCUT2D eigenvalue weighted by molar-refractivity contribution is 8.00. The molecular weight excluding hydrogens is 472 g/mol. The number of hydrogen-bond acceptors (Lipinski definition) is 7. The molecule has 6 rings (SSSR count). The van der Waals surface area contributed by atoms with Gasteiger partial charge in [0, 0.05) is 29.4 Å². The maximum atomic E-state index is 11.7. The van der Waals surface area contributed by atoms with Crippen molar-refractivity contribution < 1.29 is 14.3 Å². The predicted octanol–water partition coefficient (Wildman–Crippen LogP) is 4.84. The largest absolute Gasteiger partial charge is 0.497 e. The van der Waals surface area contributed by atoms with E-state index in [9.17, 15) is 4.79 Å². The zero-order chi connectivity index (χ0) is 24.5. The summed E-state index contributed by atoms with van der Waals surface area (Å²) in [7, 11) is 1.70. The number of amides is 1. The van der Waals surface area contributed by atoms with Crippen LogP contribution in [0.25, 0.3) is 10.9 Å². The van der Waals surface area contributed by atoms with Gasteiger partial charge in [-0.05, 0) is 67.5 Å². The SMILES string of the molecule is COc1ccc2ncc3c(c2c1)N(CC1CCC(NCc2ccc4c(c2)NC(=O)CS4)CC1)CCO3.